The number of carbonyl (C=O) groups excluding carboxylic acids is 1. The van der Waals surface area contributed by atoms with Crippen molar-refractivity contribution in [3.63, 3.8) is 0 Å². The van der Waals surface area contributed by atoms with Crippen molar-refractivity contribution in [3.05, 3.63) is 58.9 Å². The highest BCUT2D eigenvalue weighted by atomic mass is 19.1. The number of hydrogen-bond acceptors (Lipinski definition) is 4. The van der Waals surface area contributed by atoms with Crippen LogP contribution in [0.2, 0.25) is 0 Å². The molecule has 0 bridgehead atoms. The van der Waals surface area contributed by atoms with Gasteiger partial charge in [0.25, 0.3) is 5.91 Å². The van der Waals surface area contributed by atoms with Gasteiger partial charge in [0.2, 0.25) is 0 Å². The first-order valence-corrected chi connectivity index (χ1v) is 9.00. The van der Waals surface area contributed by atoms with Gasteiger partial charge in [-0.2, -0.15) is 0 Å². The van der Waals surface area contributed by atoms with E-state index in [4.69, 9.17) is 9.47 Å². The molecule has 0 unspecified atom stereocenters. The van der Waals surface area contributed by atoms with Crippen molar-refractivity contribution in [1.82, 2.24) is 9.80 Å². The summed E-state index contributed by atoms with van der Waals surface area (Å²) < 4.78 is 24.2. The van der Waals surface area contributed by atoms with Gasteiger partial charge in [0.05, 0.1) is 14.2 Å². The van der Waals surface area contributed by atoms with E-state index in [-0.39, 0.29) is 11.7 Å². The van der Waals surface area contributed by atoms with Gasteiger partial charge in [-0.3, -0.25) is 9.69 Å². The highest BCUT2D eigenvalue weighted by Crippen LogP contribution is 2.23. The highest BCUT2D eigenvalue weighted by Gasteiger charge is 2.23. The Morgan fingerprint density at radius 3 is 2.37 bits per heavy atom. The van der Waals surface area contributed by atoms with E-state index in [9.17, 15) is 9.18 Å². The molecule has 0 saturated carbocycles. The topological polar surface area (TPSA) is 42.0 Å². The van der Waals surface area contributed by atoms with Crippen LogP contribution in [0.4, 0.5) is 4.39 Å². The number of methoxy groups -OCH3 is 2. The quantitative estimate of drug-likeness (QED) is 0.809. The molecule has 0 atom stereocenters. The number of rotatable bonds is 5. The van der Waals surface area contributed by atoms with Gasteiger partial charge in [-0.25, -0.2) is 4.39 Å². The Hall–Kier alpha value is -2.60. The molecule has 27 heavy (non-hydrogen) atoms. The number of aryl methyl sites for hydroxylation is 1. The smallest absolute Gasteiger partial charge is 0.254 e. The van der Waals surface area contributed by atoms with Crippen molar-refractivity contribution in [2.45, 2.75) is 13.5 Å². The van der Waals surface area contributed by atoms with Gasteiger partial charge in [-0.1, -0.05) is 6.07 Å². The average molecular weight is 372 g/mol. The third-order valence-corrected chi connectivity index (χ3v) is 4.95. The molecule has 0 spiro atoms. The minimum atomic E-state index is -0.270. The normalized spacial score (nSPS) is 14.9. The number of halogens is 1. The van der Waals surface area contributed by atoms with Crippen LogP contribution in [-0.2, 0) is 6.54 Å². The standard InChI is InChI=1S/C21H25FN2O3/c1-15-4-5-16(13-20(15)27-3)21(25)24-10-8-23(9-11-24)14-17-12-18(22)6-7-19(17)26-2/h4-7,12-13H,8-11,14H2,1-3H3. The molecule has 3 rings (SSSR count). The van der Waals surface area contributed by atoms with Gasteiger partial charge in [-0.05, 0) is 42.8 Å². The summed E-state index contributed by atoms with van der Waals surface area (Å²) in [5.74, 6) is 1.14. The molecule has 0 radical (unpaired) electrons. The molecule has 1 aliphatic heterocycles. The zero-order valence-electron chi connectivity index (χ0n) is 16.0. The predicted octanol–water partition coefficient (Wildman–Crippen LogP) is 3.11. The molecule has 1 amide bonds. The van der Waals surface area contributed by atoms with Crippen molar-refractivity contribution in [1.29, 1.82) is 0 Å². The summed E-state index contributed by atoms with van der Waals surface area (Å²) in [6.45, 7) is 5.27. The summed E-state index contributed by atoms with van der Waals surface area (Å²) in [5, 5.41) is 0. The fourth-order valence-electron chi connectivity index (χ4n) is 3.36. The maximum atomic E-state index is 13.5. The SMILES string of the molecule is COc1cc(C(=O)N2CCN(Cc3cc(F)ccc3OC)CC2)ccc1C. The number of benzene rings is 2. The number of piperazine rings is 1. The molecular formula is C21H25FN2O3. The monoisotopic (exact) mass is 372 g/mol. The lowest BCUT2D eigenvalue weighted by Gasteiger charge is -2.35. The average Bonchev–Trinajstić information content (AvgIpc) is 2.68. The van der Waals surface area contributed by atoms with Gasteiger partial charge in [0.15, 0.2) is 0 Å². The van der Waals surface area contributed by atoms with Gasteiger partial charge < -0.3 is 14.4 Å². The van der Waals surface area contributed by atoms with Crippen LogP contribution in [0.15, 0.2) is 36.4 Å². The fourth-order valence-corrected chi connectivity index (χ4v) is 3.36. The van der Waals surface area contributed by atoms with Crippen LogP contribution in [-0.4, -0.2) is 56.1 Å². The lowest BCUT2D eigenvalue weighted by atomic mass is 10.1. The molecule has 1 heterocycles. The lowest BCUT2D eigenvalue weighted by Crippen LogP contribution is -2.48. The van der Waals surface area contributed by atoms with Crippen LogP contribution in [0, 0.1) is 12.7 Å². The van der Waals surface area contributed by atoms with E-state index in [0.717, 1.165) is 30.0 Å². The Balaban J connectivity index is 1.62. The van der Waals surface area contributed by atoms with Crippen molar-refractivity contribution in [2.24, 2.45) is 0 Å². The van der Waals surface area contributed by atoms with Crippen molar-refractivity contribution >= 4 is 5.91 Å². The molecule has 2 aromatic carbocycles. The number of nitrogens with zero attached hydrogens (tertiary/aromatic N) is 2. The third-order valence-electron chi connectivity index (χ3n) is 4.95. The zero-order valence-corrected chi connectivity index (χ0v) is 16.0. The zero-order chi connectivity index (χ0) is 19.4. The van der Waals surface area contributed by atoms with Crippen LogP contribution in [0.3, 0.4) is 0 Å². The lowest BCUT2D eigenvalue weighted by molar-refractivity contribution is 0.0627. The summed E-state index contributed by atoms with van der Waals surface area (Å²) in [5.41, 5.74) is 2.46. The summed E-state index contributed by atoms with van der Waals surface area (Å²) in [6.07, 6.45) is 0. The van der Waals surface area contributed by atoms with Crippen LogP contribution in [0.25, 0.3) is 0 Å². The summed E-state index contributed by atoms with van der Waals surface area (Å²) in [4.78, 5) is 16.8. The van der Waals surface area contributed by atoms with E-state index in [0.29, 0.717) is 30.9 Å². The Morgan fingerprint density at radius 2 is 1.70 bits per heavy atom. The maximum Gasteiger partial charge on any atom is 0.254 e. The van der Waals surface area contributed by atoms with Gasteiger partial charge >= 0.3 is 0 Å². The summed E-state index contributed by atoms with van der Waals surface area (Å²) >= 11 is 0. The number of carbonyl (C=O) groups is 1. The first-order chi connectivity index (χ1) is 13.0. The van der Waals surface area contributed by atoms with Crippen molar-refractivity contribution in [3.8, 4) is 11.5 Å². The summed E-state index contributed by atoms with van der Waals surface area (Å²) in [7, 11) is 3.19. The van der Waals surface area contributed by atoms with E-state index in [2.05, 4.69) is 4.90 Å². The third kappa shape index (κ3) is 4.39. The molecule has 0 aromatic heterocycles. The molecule has 144 valence electrons. The number of hydrogen-bond donors (Lipinski definition) is 0. The predicted molar refractivity (Wildman–Crippen MR) is 102 cm³/mol. The molecule has 1 saturated heterocycles. The molecule has 6 heteroatoms. The molecule has 2 aromatic rings. The molecule has 5 nitrogen and oxygen atoms in total. The first-order valence-electron chi connectivity index (χ1n) is 9.00. The first kappa shape index (κ1) is 19.2. The maximum absolute atomic E-state index is 13.5. The molecule has 1 aliphatic rings. The van der Waals surface area contributed by atoms with Gasteiger partial charge in [0, 0.05) is 43.9 Å². The Morgan fingerprint density at radius 1 is 1.00 bits per heavy atom. The second-order valence-corrected chi connectivity index (χ2v) is 6.71. The van der Waals surface area contributed by atoms with E-state index < -0.39 is 0 Å². The van der Waals surface area contributed by atoms with Crippen molar-refractivity contribution < 1.29 is 18.7 Å². The largest absolute Gasteiger partial charge is 0.496 e. The van der Waals surface area contributed by atoms with E-state index >= 15 is 0 Å². The van der Waals surface area contributed by atoms with Crippen molar-refractivity contribution in [2.75, 3.05) is 40.4 Å². The van der Waals surface area contributed by atoms with E-state index in [1.165, 1.54) is 12.1 Å². The van der Waals surface area contributed by atoms with Crippen LogP contribution >= 0.6 is 0 Å². The molecular weight excluding hydrogens is 347 g/mol. The number of ether oxygens (including phenoxy) is 2. The van der Waals surface area contributed by atoms with Gasteiger partial charge in [0.1, 0.15) is 17.3 Å². The van der Waals surface area contributed by atoms with Gasteiger partial charge in [-0.15, -0.1) is 0 Å². The van der Waals surface area contributed by atoms with E-state index in [1.54, 1.807) is 26.4 Å². The van der Waals surface area contributed by atoms with Crippen LogP contribution in [0.5, 0.6) is 11.5 Å². The minimum Gasteiger partial charge on any atom is -0.496 e. The Labute approximate surface area is 159 Å². The summed E-state index contributed by atoms with van der Waals surface area (Å²) in [6, 6.07) is 10.1. The molecule has 1 fully saturated rings. The second-order valence-electron chi connectivity index (χ2n) is 6.71. The van der Waals surface area contributed by atoms with E-state index in [1.807, 2.05) is 24.0 Å². The Bertz CT molecular complexity index is 817. The molecule has 0 aliphatic carbocycles. The second kappa shape index (κ2) is 8.39. The Kier molecular flexibility index (Phi) is 5.96. The minimum absolute atomic E-state index is 0.0105. The molecule has 0 N–H and O–H groups in total. The number of amides is 1. The van der Waals surface area contributed by atoms with Crippen LogP contribution in [0.1, 0.15) is 21.5 Å². The van der Waals surface area contributed by atoms with Crippen LogP contribution < -0.4 is 9.47 Å². The highest BCUT2D eigenvalue weighted by molar-refractivity contribution is 5.94. The fraction of sp³-hybridized carbons (Fsp3) is 0.381.